The summed E-state index contributed by atoms with van der Waals surface area (Å²) in [6.07, 6.45) is 2.80. The molecule has 0 spiro atoms. The van der Waals surface area contributed by atoms with Gasteiger partial charge in [-0.15, -0.1) is 5.73 Å². The third kappa shape index (κ3) is 17.7. The Morgan fingerprint density at radius 3 is 1.55 bits per heavy atom. The van der Waals surface area contributed by atoms with Crippen molar-refractivity contribution in [1.29, 1.82) is 0 Å². The van der Waals surface area contributed by atoms with Gasteiger partial charge in [0.15, 0.2) is 0 Å². The van der Waals surface area contributed by atoms with Gasteiger partial charge in [0.2, 0.25) is 0 Å². The molecule has 3 N–H and O–H groups in total. The average molecular weight is 160 g/mol. The van der Waals surface area contributed by atoms with Gasteiger partial charge >= 0.3 is 0 Å². The van der Waals surface area contributed by atoms with E-state index in [2.05, 4.69) is 5.73 Å². The maximum Gasteiger partial charge on any atom is 0.100 e. The lowest BCUT2D eigenvalue weighted by Gasteiger charge is -1.96. The van der Waals surface area contributed by atoms with Crippen LogP contribution in [0.1, 0.15) is 13.8 Å². The van der Waals surface area contributed by atoms with Gasteiger partial charge in [-0.1, -0.05) is 0 Å². The number of rotatable bonds is 2. The molecule has 0 aromatic carbocycles. The second-order valence-corrected chi connectivity index (χ2v) is 1.76. The molecular formula is C8H16O3. The van der Waals surface area contributed by atoms with E-state index in [-0.39, 0.29) is 13.2 Å². The maximum absolute atomic E-state index is 8.17. The third-order valence-electron chi connectivity index (χ3n) is 0.755. The molecule has 0 radical (unpaired) electrons. The first-order chi connectivity index (χ1) is 5.22. The van der Waals surface area contributed by atoms with E-state index in [0.29, 0.717) is 0 Å². The van der Waals surface area contributed by atoms with Crippen LogP contribution < -0.4 is 0 Å². The smallest absolute Gasteiger partial charge is 0.100 e. The zero-order chi connectivity index (χ0) is 9.11. The topological polar surface area (TPSA) is 60.7 Å². The molecule has 0 bridgehead atoms. The second-order valence-electron chi connectivity index (χ2n) is 1.76. The second kappa shape index (κ2) is 12.1. The quantitative estimate of drug-likeness (QED) is 0.501. The van der Waals surface area contributed by atoms with Crippen LogP contribution in [0.15, 0.2) is 17.9 Å². The van der Waals surface area contributed by atoms with Gasteiger partial charge in [-0.2, -0.15) is 0 Å². The summed E-state index contributed by atoms with van der Waals surface area (Å²) >= 11 is 0. The highest BCUT2D eigenvalue weighted by atomic mass is 16.3. The van der Waals surface area contributed by atoms with E-state index < -0.39 is 6.10 Å². The number of aliphatic hydroxyl groups excluding tert-OH is 3. The molecule has 3 nitrogen and oxygen atoms in total. The molecule has 0 unspecified atom stereocenters. The standard InChI is InChI=1S/C5H8.C3H8O3/c1-3-5-4-2;4-1-3(6)2-5/h3-4H,1-2H3;3-6H,1-2H2. The summed E-state index contributed by atoms with van der Waals surface area (Å²) in [7, 11) is 0. The zero-order valence-electron chi connectivity index (χ0n) is 6.99. The number of aliphatic hydroxyl groups is 3. The van der Waals surface area contributed by atoms with Crippen LogP contribution in [0.3, 0.4) is 0 Å². The van der Waals surface area contributed by atoms with E-state index in [4.69, 9.17) is 15.3 Å². The molecule has 0 aromatic heterocycles. The average Bonchev–Trinajstić information content (AvgIpc) is 2.06. The first-order valence-corrected chi connectivity index (χ1v) is 3.44. The van der Waals surface area contributed by atoms with Crippen molar-refractivity contribution < 1.29 is 15.3 Å². The Bertz CT molecular complexity index is 105. The predicted molar refractivity (Wildman–Crippen MR) is 44.2 cm³/mol. The summed E-state index contributed by atoms with van der Waals surface area (Å²) in [6.45, 7) is 3.16. The number of allylic oxidation sites excluding steroid dienone is 1. The minimum absolute atomic E-state index is 0.365. The minimum Gasteiger partial charge on any atom is -0.394 e. The zero-order valence-corrected chi connectivity index (χ0v) is 6.99. The highest BCUT2D eigenvalue weighted by Gasteiger charge is 1.93. The van der Waals surface area contributed by atoms with Gasteiger partial charge in [0, 0.05) is 0 Å². The van der Waals surface area contributed by atoms with E-state index in [1.165, 1.54) is 0 Å². The lowest BCUT2D eigenvalue weighted by molar-refractivity contribution is 0.0450. The van der Waals surface area contributed by atoms with Gasteiger partial charge < -0.3 is 15.3 Å². The minimum atomic E-state index is -0.954. The summed E-state index contributed by atoms with van der Waals surface area (Å²) in [5.74, 6) is 0. The fourth-order valence-corrected chi connectivity index (χ4v) is 0.224. The Labute approximate surface area is 67.3 Å². The van der Waals surface area contributed by atoms with Crippen molar-refractivity contribution in [2.75, 3.05) is 13.2 Å². The predicted octanol–water partition coefficient (Wildman–Crippen LogP) is 0.0694. The lowest BCUT2D eigenvalue weighted by Crippen LogP contribution is -2.15. The van der Waals surface area contributed by atoms with Gasteiger partial charge in [-0.05, 0) is 26.0 Å². The molecule has 0 rings (SSSR count). The van der Waals surface area contributed by atoms with Crippen LogP contribution in [-0.4, -0.2) is 34.6 Å². The highest BCUT2D eigenvalue weighted by molar-refractivity contribution is 4.76. The Balaban J connectivity index is 0. The Kier molecular flexibility index (Phi) is 14.3. The van der Waals surface area contributed by atoms with E-state index in [0.717, 1.165) is 0 Å². The first kappa shape index (κ1) is 13.0. The molecule has 0 aliphatic rings. The molecule has 0 heterocycles. The maximum atomic E-state index is 8.17. The van der Waals surface area contributed by atoms with Crippen molar-refractivity contribution in [3.63, 3.8) is 0 Å². The van der Waals surface area contributed by atoms with Gasteiger partial charge in [-0.3, -0.25) is 0 Å². The first-order valence-electron chi connectivity index (χ1n) is 3.44. The summed E-state index contributed by atoms with van der Waals surface area (Å²) < 4.78 is 0. The Hall–Kier alpha value is -0.600. The molecule has 0 fully saturated rings. The van der Waals surface area contributed by atoms with Crippen molar-refractivity contribution in [3.8, 4) is 0 Å². The molecule has 0 amide bonds. The van der Waals surface area contributed by atoms with E-state index >= 15 is 0 Å². The third-order valence-corrected chi connectivity index (χ3v) is 0.755. The summed E-state index contributed by atoms with van der Waals surface area (Å²) in [5, 5.41) is 24.0. The normalized spacial score (nSPS) is 7.82. The summed E-state index contributed by atoms with van der Waals surface area (Å²) in [5.41, 5.74) is 2.86. The van der Waals surface area contributed by atoms with Crippen LogP contribution in [0.4, 0.5) is 0 Å². The van der Waals surface area contributed by atoms with Crippen LogP contribution in [-0.2, 0) is 0 Å². The summed E-state index contributed by atoms with van der Waals surface area (Å²) in [6, 6.07) is 0. The molecule has 0 aliphatic heterocycles. The lowest BCUT2D eigenvalue weighted by atomic mass is 10.4. The van der Waals surface area contributed by atoms with Gasteiger partial charge in [0.1, 0.15) is 6.10 Å². The Morgan fingerprint density at radius 2 is 1.55 bits per heavy atom. The molecule has 3 heteroatoms. The SMILES string of the molecule is CC=C=CC.OCC(O)CO. The van der Waals surface area contributed by atoms with E-state index in [9.17, 15) is 0 Å². The summed E-state index contributed by atoms with van der Waals surface area (Å²) in [4.78, 5) is 0. The van der Waals surface area contributed by atoms with Crippen LogP contribution >= 0.6 is 0 Å². The fraction of sp³-hybridized carbons (Fsp3) is 0.625. The van der Waals surface area contributed by atoms with Crippen molar-refractivity contribution >= 4 is 0 Å². The number of hydrogen-bond donors (Lipinski definition) is 3. The Morgan fingerprint density at radius 1 is 1.18 bits per heavy atom. The van der Waals surface area contributed by atoms with Crippen LogP contribution in [0.25, 0.3) is 0 Å². The number of hydrogen-bond acceptors (Lipinski definition) is 3. The van der Waals surface area contributed by atoms with Crippen LogP contribution in [0.2, 0.25) is 0 Å². The van der Waals surface area contributed by atoms with Crippen molar-refractivity contribution in [2.45, 2.75) is 20.0 Å². The molecule has 66 valence electrons. The van der Waals surface area contributed by atoms with E-state index in [1.54, 1.807) is 0 Å². The van der Waals surface area contributed by atoms with Crippen molar-refractivity contribution in [3.05, 3.63) is 17.9 Å². The molecule has 0 aliphatic carbocycles. The van der Waals surface area contributed by atoms with Crippen LogP contribution in [0, 0.1) is 0 Å². The van der Waals surface area contributed by atoms with Crippen LogP contribution in [0.5, 0.6) is 0 Å². The largest absolute Gasteiger partial charge is 0.394 e. The fourth-order valence-electron chi connectivity index (χ4n) is 0.224. The molecule has 11 heavy (non-hydrogen) atoms. The molecule has 0 aromatic rings. The van der Waals surface area contributed by atoms with Crippen molar-refractivity contribution in [2.24, 2.45) is 0 Å². The molecule has 0 atom stereocenters. The van der Waals surface area contributed by atoms with E-state index in [1.807, 2.05) is 26.0 Å². The van der Waals surface area contributed by atoms with Gasteiger partial charge in [0.05, 0.1) is 13.2 Å². The van der Waals surface area contributed by atoms with Gasteiger partial charge in [0.25, 0.3) is 0 Å². The molecular weight excluding hydrogens is 144 g/mol. The monoisotopic (exact) mass is 160 g/mol. The van der Waals surface area contributed by atoms with Crippen molar-refractivity contribution in [1.82, 2.24) is 0 Å². The highest BCUT2D eigenvalue weighted by Crippen LogP contribution is 1.71. The molecule has 0 saturated heterocycles. The molecule has 0 saturated carbocycles. The van der Waals surface area contributed by atoms with Gasteiger partial charge in [-0.25, -0.2) is 0 Å².